The van der Waals surface area contributed by atoms with E-state index in [2.05, 4.69) is 0 Å². The van der Waals surface area contributed by atoms with Gasteiger partial charge in [-0.3, -0.25) is 0 Å². The SMILES string of the molecule is ONCCCOc1ccccc1F. The first-order valence-corrected chi connectivity index (χ1v) is 4.09. The topological polar surface area (TPSA) is 41.5 Å². The van der Waals surface area contributed by atoms with Crippen LogP contribution in [0.4, 0.5) is 4.39 Å². The third-order valence-corrected chi connectivity index (χ3v) is 1.53. The molecule has 72 valence electrons. The van der Waals surface area contributed by atoms with Gasteiger partial charge in [-0.1, -0.05) is 12.1 Å². The summed E-state index contributed by atoms with van der Waals surface area (Å²) < 4.78 is 18.0. The molecule has 0 saturated heterocycles. The van der Waals surface area contributed by atoms with E-state index in [-0.39, 0.29) is 11.6 Å². The zero-order valence-corrected chi connectivity index (χ0v) is 7.16. The average Bonchev–Trinajstić information content (AvgIpc) is 2.15. The summed E-state index contributed by atoms with van der Waals surface area (Å²) in [7, 11) is 0. The Morgan fingerprint density at radius 1 is 1.38 bits per heavy atom. The summed E-state index contributed by atoms with van der Waals surface area (Å²) >= 11 is 0. The molecule has 0 unspecified atom stereocenters. The van der Waals surface area contributed by atoms with Crippen LogP contribution in [0.5, 0.6) is 5.75 Å². The van der Waals surface area contributed by atoms with Crippen LogP contribution in [-0.4, -0.2) is 18.4 Å². The Bertz CT molecular complexity index is 255. The van der Waals surface area contributed by atoms with E-state index < -0.39 is 0 Å². The zero-order valence-electron chi connectivity index (χ0n) is 7.16. The van der Waals surface area contributed by atoms with Gasteiger partial charge in [0.1, 0.15) is 0 Å². The van der Waals surface area contributed by atoms with Gasteiger partial charge in [0.25, 0.3) is 0 Å². The molecular formula is C9H12FNO2. The van der Waals surface area contributed by atoms with E-state index in [1.807, 2.05) is 5.48 Å². The number of para-hydroxylation sites is 1. The van der Waals surface area contributed by atoms with Crippen molar-refractivity contribution >= 4 is 0 Å². The maximum Gasteiger partial charge on any atom is 0.165 e. The molecule has 0 aliphatic rings. The Morgan fingerprint density at radius 2 is 2.15 bits per heavy atom. The van der Waals surface area contributed by atoms with Gasteiger partial charge in [0, 0.05) is 6.54 Å². The van der Waals surface area contributed by atoms with Crippen LogP contribution in [0.3, 0.4) is 0 Å². The molecule has 0 fully saturated rings. The largest absolute Gasteiger partial charge is 0.490 e. The fourth-order valence-corrected chi connectivity index (χ4v) is 0.895. The number of rotatable bonds is 5. The molecule has 1 aromatic carbocycles. The fraction of sp³-hybridized carbons (Fsp3) is 0.333. The third kappa shape index (κ3) is 3.40. The number of hydrogen-bond acceptors (Lipinski definition) is 3. The number of hydroxylamine groups is 1. The van der Waals surface area contributed by atoms with Crippen LogP contribution in [0, 0.1) is 5.82 Å². The minimum atomic E-state index is -0.362. The first-order valence-electron chi connectivity index (χ1n) is 4.09. The first kappa shape index (κ1) is 9.95. The van der Waals surface area contributed by atoms with Gasteiger partial charge in [0.15, 0.2) is 11.6 Å². The van der Waals surface area contributed by atoms with Gasteiger partial charge < -0.3 is 9.94 Å². The van der Waals surface area contributed by atoms with Crippen LogP contribution >= 0.6 is 0 Å². The minimum absolute atomic E-state index is 0.250. The maximum absolute atomic E-state index is 12.9. The van der Waals surface area contributed by atoms with Crippen molar-refractivity contribution in [3.63, 3.8) is 0 Å². The molecule has 13 heavy (non-hydrogen) atoms. The highest BCUT2D eigenvalue weighted by molar-refractivity contribution is 5.23. The number of benzene rings is 1. The van der Waals surface area contributed by atoms with Crippen molar-refractivity contribution in [1.29, 1.82) is 0 Å². The number of halogens is 1. The summed E-state index contributed by atoms with van der Waals surface area (Å²) in [5.41, 5.74) is 1.99. The number of nitrogens with one attached hydrogen (secondary N) is 1. The highest BCUT2D eigenvalue weighted by atomic mass is 19.1. The predicted octanol–water partition coefficient (Wildman–Crippen LogP) is 1.57. The van der Waals surface area contributed by atoms with Crippen LogP contribution < -0.4 is 10.2 Å². The van der Waals surface area contributed by atoms with Crippen LogP contribution in [-0.2, 0) is 0 Å². The molecule has 3 nitrogen and oxygen atoms in total. The van der Waals surface area contributed by atoms with E-state index in [4.69, 9.17) is 9.94 Å². The molecule has 0 bridgehead atoms. The van der Waals surface area contributed by atoms with Crippen molar-refractivity contribution in [1.82, 2.24) is 5.48 Å². The lowest BCUT2D eigenvalue weighted by molar-refractivity contribution is 0.157. The fourth-order valence-electron chi connectivity index (χ4n) is 0.895. The van der Waals surface area contributed by atoms with E-state index in [0.717, 1.165) is 0 Å². The number of hydrogen-bond donors (Lipinski definition) is 2. The van der Waals surface area contributed by atoms with Crippen molar-refractivity contribution in [3.05, 3.63) is 30.1 Å². The molecular weight excluding hydrogens is 173 g/mol. The summed E-state index contributed by atoms with van der Waals surface area (Å²) in [5.74, 6) is -0.111. The second kappa shape index (κ2) is 5.50. The van der Waals surface area contributed by atoms with Crippen molar-refractivity contribution < 1.29 is 14.3 Å². The van der Waals surface area contributed by atoms with Crippen LogP contribution in [0.1, 0.15) is 6.42 Å². The van der Waals surface area contributed by atoms with Crippen molar-refractivity contribution in [2.45, 2.75) is 6.42 Å². The second-order valence-corrected chi connectivity index (χ2v) is 2.54. The van der Waals surface area contributed by atoms with Crippen molar-refractivity contribution in [2.75, 3.05) is 13.2 Å². The van der Waals surface area contributed by atoms with Gasteiger partial charge >= 0.3 is 0 Å². The summed E-state index contributed by atoms with van der Waals surface area (Å²) in [6, 6.07) is 6.24. The molecule has 0 spiro atoms. The van der Waals surface area contributed by atoms with Gasteiger partial charge in [-0.05, 0) is 18.6 Å². The monoisotopic (exact) mass is 185 g/mol. The van der Waals surface area contributed by atoms with E-state index in [0.29, 0.717) is 19.6 Å². The molecule has 0 heterocycles. The molecule has 0 saturated carbocycles. The second-order valence-electron chi connectivity index (χ2n) is 2.54. The van der Waals surface area contributed by atoms with E-state index in [9.17, 15) is 4.39 Å². The molecule has 0 radical (unpaired) electrons. The Balaban J connectivity index is 2.32. The van der Waals surface area contributed by atoms with Crippen molar-refractivity contribution in [3.8, 4) is 5.75 Å². The Hall–Kier alpha value is -1.13. The molecule has 0 atom stereocenters. The molecule has 1 rings (SSSR count). The Kier molecular flexibility index (Phi) is 4.21. The summed E-state index contributed by atoms with van der Waals surface area (Å²) in [5, 5.41) is 8.24. The Morgan fingerprint density at radius 3 is 2.85 bits per heavy atom. The molecule has 4 heteroatoms. The lowest BCUT2D eigenvalue weighted by Gasteiger charge is -2.05. The maximum atomic E-state index is 12.9. The van der Waals surface area contributed by atoms with Gasteiger partial charge in [-0.2, -0.15) is 0 Å². The summed E-state index contributed by atoms with van der Waals surface area (Å²) in [6.07, 6.45) is 0.630. The van der Waals surface area contributed by atoms with E-state index in [1.54, 1.807) is 18.2 Å². The van der Waals surface area contributed by atoms with Gasteiger partial charge in [0.2, 0.25) is 0 Å². The Labute approximate surface area is 76.1 Å². The normalized spacial score (nSPS) is 10.0. The van der Waals surface area contributed by atoms with Gasteiger partial charge in [0.05, 0.1) is 6.61 Å². The first-order chi connectivity index (χ1) is 6.34. The van der Waals surface area contributed by atoms with Crippen LogP contribution in [0.25, 0.3) is 0 Å². The van der Waals surface area contributed by atoms with Crippen LogP contribution in [0.2, 0.25) is 0 Å². The lowest BCUT2D eigenvalue weighted by Crippen LogP contribution is -2.12. The number of ether oxygens (including phenoxy) is 1. The molecule has 0 amide bonds. The molecule has 1 aromatic rings. The quantitative estimate of drug-likeness (QED) is 0.540. The van der Waals surface area contributed by atoms with E-state index >= 15 is 0 Å². The molecule has 0 aliphatic carbocycles. The predicted molar refractivity (Wildman–Crippen MR) is 46.3 cm³/mol. The lowest BCUT2D eigenvalue weighted by atomic mass is 10.3. The summed E-state index contributed by atoms with van der Waals surface area (Å²) in [4.78, 5) is 0. The summed E-state index contributed by atoms with van der Waals surface area (Å²) in [6.45, 7) is 0.822. The van der Waals surface area contributed by atoms with Crippen molar-refractivity contribution in [2.24, 2.45) is 0 Å². The van der Waals surface area contributed by atoms with Gasteiger partial charge in [-0.25, -0.2) is 9.87 Å². The smallest absolute Gasteiger partial charge is 0.165 e. The highest BCUT2D eigenvalue weighted by Crippen LogP contribution is 2.15. The van der Waals surface area contributed by atoms with Crippen LogP contribution in [0.15, 0.2) is 24.3 Å². The zero-order chi connectivity index (χ0) is 9.52. The molecule has 2 N–H and O–H groups in total. The highest BCUT2D eigenvalue weighted by Gasteiger charge is 1.99. The standard InChI is InChI=1S/C9H12FNO2/c10-8-4-1-2-5-9(8)13-7-3-6-11-12/h1-2,4-5,11-12H,3,6-7H2. The van der Waals surface area contributed by atoms with Gasteiger partial charge in [-0.15, -0.1) is 0 Å². The molecule has 0 aromatic heterocycles. The van der Waals surface area contributed by atoms with E-state index in [1.165, 1.54) is 6.07 Å². The third-order valence-electron chi connectivity index (χ3n) is 1.53. The minimum Gasteiger partial charge on any atom is -0.490 e. The average molecular weight is 185 g/mol. The molecule has 0 aliphatic heterocycles.